The van der Waals surface area contributed by atoms with Crippen LogP contribution in [0.1, 0.15) is 34.1 Å². The molecule has 3 heterocycles. The highest BCUT2D eigenvalue weighted by Crippen LogP contribution is 2.23. The maximum Gasteiger partial charge on any atom is 0.330 e. The second kappa shape index (κ2) is 7.59. The van der Waals surface area contributed by atoms with Crippen molar-refractivity contribution in [3.05, 3.63) is 54.5 Å². The molecule has 1 N–H and O–H groups in total. The van der Waals surface area contributed by atoms with Crippen molar-refractivity contribution in [1.82, 2.24) is 19.4 Å². The van der Waals surface area contributed by atoms with Gasteiger partial charge in [0.1, 0.15) is 0 Å². The molecule has 1 fully saturated rings. The molecule has 3 rings (SSSR count). The molecule has 0 spiro atoms. The Kier molecular flexibility index (Phi) is 5.43. The molecule has 0 radical (unpaired) electrons. The van der Waals surface area contributed by atoms with Gasteiger partial charge in [-0.1, -0.05) is 6.92 Å². The van der Waals surface area contributed by atoms with Gasteiger partial charge in [0.15, 0.2) is 0 Å². The molecule has 26 heavy (non-hydrogen) atoms. The van der Waals surface area contributed by atoms with E-state index in [1.807, 2.05) is 18.4 Å². The average Bonchev–Trinajstić information content (AvgIpc) is 3.32. The Morgan fingerprint density at radius 2 is 2.12 bits per heavy atom. The SMILES string of the molecule is CCc1ccsc1C(=O)N(Cc1cn(C)c(=O)n(C)c1=O)[C@@H]1CCNC1. The summed E-state index contributed by atoms with van der Waals surface area (Å²) in [5, 5.41) is 5.22. The molecule has 1 aliphatic rings. The van der Waals surface area contributed by atoms with Crippen molar-refractivity contribution in [2.45, 2.75) is 32.4 Å². The first kappa shape index (κ1) is 18.6. The van der Waals surface area contributed by atoms with E-state index in [1.165, 1.54) is 23.0 Å². The summed E-state index contributed by atoms with van der Waals surface area (Å²) in [6, 6.07) is 2.02. The molecule has 1 saturated heterocycles. The van der Waals surface area contributed by atoms with Gasteiger partial charge in [0.2, 0.25) is 0 Å². The molecule has 7 nitrogen and oxygen atoms in total. The van der Waals surface area contributed by atoms with Crippen LogP contribution in [-0.2, 0) is 27.1 Å². The Bertz CT molecular complexity index is 921. The highest BCUT2D eigenvalue weighted by Gasteiger charge is 2.30. The number of aromatic nitrogens is 2. The maximum atomic E-state index is 13.3. The van der Waals surface area contributed by atoms with Crippen LogP contribution in [0.2, 0.25) is 0 Å². The molecule has 1 atom stereocenters. The minimum Gasteiger partial charge on any atom is -0.329 e. The number of hydrogen-bond donors (Lipinski definition) is 1. The van der Waals surface area contributed by atoms with Crippen LogP contribution in [-0.4, -0.2) is 39.1 Å². The number of hydrogen-bond acceptors (Lipinski definition) is 5. The van der Waals surface area contributed by atoms with Crippen LogP contribution in [0.3, 0.4) is 0 Å². The van der Waals surface area contributed by atoms with Gasteiger partial charge in [0.05, 0.1) is 17.0 Å². The van der Waals surface area contributed by atoms with E-state index in [9.17, 15) is 14.4 Å². The molecule has 140 valence electrons. The number of thiophene rings is 1. The van der Waals surface area contributed by atoms with Crippen LogP contribution in [0.5, 0.6) is 0 Å². The third-order valence-electron chi connectivity index (χ3n) is 4.92. The zero-order valence-electron chi connectivity index (χ0n) is 15.3. The summed E-state index contributed by atoms with van der Waals surface area (Å²) in [5.41, 5.74) is 0.762. The molecule has 1 amide bonds. The van der Waals surface area contributed by atoms with Gasteiger partial charge in [-0.3, -0.25) is 14.2 Å². The fourth-order valence-electron chi connectivity index (χ4n) is 3.38. The van der Waals surface area contributed by atoms with Gasteiger partial charge in [-0.2, -0.15) is 0 Å². The summed E-state index contributed by atoms with van der Waals surface area (Å²) < 4.78 is 2.47. The van der Waals surface area contributed by atoms with E-state index in [0.29, 0.717) is 12.1 Å². The molecule has 8 heteroatoms. The van der Waals surface area contributed by atoms with Crippen molar-refractivity contribution >= 4 is 17.2 Å². The summed E-state index contributed by atoms with van der Waals surface area (Å²) in [5.74, 6) is -0.0403. The van der Waals surface area contributed by atoms with Gasteiger partial charge in [-0.25, -0.2) is 4.79 Å². The van der Waals surface area contributed by atoms with E-state index < -0.39 is 0 Å². The van der Waals surface area contributed by atoms with E-state index in [0.717, 1.165) is 34.4 Å². The Morgan fingerprint density at radius 3 is 2.77 bits per heavy atom. The Hall–Kier alpha value is -2.19. The lowest BCUT2D eigenvalue weighted by molar-refractivity contribution is 0.0678. The molecule has 1 aliphatic heterocycles. The van der Waals surface area contributed by atoms with E-state index >= 15 is 0 Å². The fourth-order valence-corrected chi connectivity index (χ4v) is 4.33. The first-order valence-electron chi connectivity index (χ1n) is 8.77. The van der Waals surface area contributed by atoms with Crippen LogP contribution in [0.25, 0.3) is 0 Å². The topological polar surface area (TPSA) is 76.3 Å². The minimum atomic E-state index is -0.370. The van der Waals surface area contributed by atoms with Crippen LogP contribution in [0.4, 0.5) is 0 Å². The highest BCUT2D eigenvalue weighted by molar-refractivity contribution is 7.12. The van der Waals surface area contributed by atoms with E-state index in [4.69, 9.17) is 0 Å². The predicted molar refractivity (Wildman–Crippen MR) is 102 cm³/mol. The highest BCUT2D eigenvalue weighted by atomic mass is 32.1. The van der Waals surface area contributed by atoms with Gasteiger partial charge in [-0.05, 0) is 36.4 Å². The van der Waals surface area contributed by atoms with Crippen molar-refractivity contribution in [3.63, 3.8) is 0 Å². The molecule has 0 saturated carbocycles. The minimum absolute atomic E-state index is 0.0382. The lowest BCUT2D eigenvalue weighted by Crippen LogP contribution is -2.45. The molecular weight excluding hydrogens is 352 g/mol. The first-order valence-corrected chi connectivity index (χ1v) is 9.65. The number of aryl methyl sites for hydroxylation is 2. The van der Waals surface area contributed by atoms with Gasteiger partial charge in [-0.15, -0.1) is 11.3 Å². The molecule has 0 aliphatic carbocycles. The molecular formula is C18H24N4O3S. The van der Waals surface area contributed by atoms with Crippen molar-refractivity contribution in [2.24, 2.45) is 14.1 Å². The summed E-state index contributed by atoms with van der Waals surface area (Å²) in [6.07, 6.45) is 3.19. The van der Waals surface area contributed by atoms with Gasteiger partial charge in [0, 0.05) is 32.9 Å². The Labute approximate surface area is 155 Å². The molecule has 0 unspecified atom stereocenters. The number of rotatable bonds is 5. The molecule has 0 aromatic carbocycles. The standard InChI is InChI=1S/C18H24N4O3S/c1-4-12-6-8-26-15(12)17(24)22(14-5-7-19-9-14)11-13-10-20(2)18(25)21(3)16(13)23/h6,8,10,14,19H,4-5,7,9,11H2,1-3H3/t14-/m1/s1. The van der Waals surface area contributed by atoms with Gasteiger partial charge in [0.25, 0.3) is 11.5 Å². The smallest absolute Gasteiger partial charge is 0.329 e. The molecule has 2 aromatic heterocycles. The maximum absolute atomic E-state index is 13.3. The van der Waals surface area contributed by atoms with E-state index in [1.54, 1.807) is 18.1 Å². The van der Waals surface area contributed by atoms with Gasteiger partial charge >= 0.3 is 5.69 Å². The normalized spacial score (nSPS) is 16.8. The Balaban J connectivity index is 1.99. The lowest BCUT2D eigenvalue weighted by Gasteiger charge is -2.28. The number of carbonyl (C=O) groups excluding carboxylic acids is 1. The summed E-state index contributed by atoms with van der Waals surface area (Å²) in [7, 11) is 3.08. The van der Waals surface area contributed by atoms with E-state index in [-0.39, 0.29) is 29.7 Å². The Morgan fingerprint density at radius 1 is 1.35 bits per heavy atom. The predicted octanol–water partition coefficient (Wildman–Crippen LogP) is 0.712. The van der Waals surface area contributed by atoms with Crippen LogP contribution in [0.15, 0.2) is 27.2 Å². The zero-order valence-corrected chi connectivity index (χ0v) is 16.1. The zero-order chi connectivity index (χ0) is 18.8. The molecule has 2 aromatic rings. The van der Waals surface area contributed by atoms with Crippen molar-refractivity contribution < 1.29 is 4.79 Å². The average molecular weight is 376 g/mol. The second-order valence-corrected chi connectivity index (χ2v) is 7.54. The summed E-state index contributed by atoms with van der Waals surface area (Å²) >= 11 is 1.44. The first-order chi connectivity index (χ1) is 12.4. The van der Waals surface area contributed by atoms with Crippen LogP contribution >= 0.6 is 11.3 Å². The number of carbonyl (C=O) groups is 1. The van der Waals surface area contributed by atoms with Crippen molar-refractivity contribution in [1.29, 1.82) is 0 Å². The lowest BCUT2D eigenvalue weighted by atomic mass is 10.1. The monoisotopic (exact) mass is 376 g/mol. The van der Waals surface area contributed by atoms with Crippen molar-refractivity contribution in [2.75, 3.05) is 13.1 Å². The molecule has 0 bridgehead atoms. The number of nitrogens with zero attached hydrogens (tertiary/aromatic N) is 3. The van der Waals surface area contributed by atoms with Crippen LogP contribution < -0.4 is 16.6 Å². The number of amides is 1. The summed E-state index contributed by atoms with van der Waals surface area (Å²) in [6.45, 7) is 3.80. The summed E-state index contributed by atoms with van der Waals surface area (Å²) in [4.78, 5) is 40.2. The number of nitrogens with one attached hydrogen (secondary N) is 1. The third-order valence-corrected chi connectivity index (χ3v) is 5.86. The third kappa shape index (κ3) is 3.39. The van der Waals surface area contributed by atoms with Crippen LogP contribution in [0, 0.1) is 0 Å². The largest absolute Gasteiger partial charge is 0.330 e. The van der Waals surface area contributed by atoms with Crippen molar-refractivity contribution in [3.8, 4) is 0 Å². The quantitative estimate of drug-likeness (QED) is 0.834. The second-order valence-electron chi connectivity index (χ2n) is 6.62. The fraction of sp³-hybridized carbons (Fsp3) is 0.500. The van der Waals surface area contributed by atoms with Gasteiger partial charge < -0.3 is 14.8 Å². The van der Waals surface area contributed by atoms with E-state index in [2.05, 4.69) is 5.32 Å².